The van der Waals surface area contributed by atoms with Gasteiger partial charge in [0.1, 0.15) is 11.0 Å². The fourth-order valence-electron chi connectivity index (χ4n) is 1.63. The van der Waals surface area contributed by atoms with Crippen molar-refractivity contribution in [2.24, 2.45) is 0 Å². The number of anilines is 3. The lowest BCUT2D eigenvalue weighted by Crippen LogP contribution is -1.99. The van der Waals surface area contributed by atoms with Crippen molar-refractivity contribution < 1.29 is 0 Å². The summed E-state index contributed by atoms with van der Waals surface area (Å²) in [4.78, 5) is 4.16. The number of rotatable bonds is 2. The number of nitrogen functional groups attached to an aromatic ring is 1. The second-order valence-electron chi connectivity index (χ2n) is 3.74. The van der Waals surface area contributed by atoms with E-state index in [-0.39, 0.29) is 0 Å². The van der Waals surface area contributed by atoms with E-state index in [0.717, 1.165) is 11.7 Å². The number of aromatic nitrogens is 3. The van der Waals surface area contributed by atoms with Crippen molar-refractivity contribution in [3.05, 3.63) is 34.4 Å². The molecule has 0 spiro atoms. The van der Waals surface area contributed by atoms with Gasteiger partial charge in [0.05, 0.1) is 33.1 Å². The molecule has 19 heavy (non-hydrogen) atoms. The molecule has 0 atom stereocenters. The standard InChI is InChI=1S/C11H7Cl2N5S/c12-5-4-6(13)9-10(18-19-17-9)8(5)16-11-7(14)2-1-3-15-11/h1-4H,14H2,(H,15,16). The second-order valence-corrected chi connectivity index (χ2v) is 5.09. The molecule has 96 valence electrons. The third-order valence-corrected chi connectivity index (χ3v) is 3.64. The maximum Gasteiger partial charge on any atom is 0.153 e. The summed E-state index contributed by atoms with van der Waals surface area (Å²) in [5.74, 6) is 0.515. The molecule has 0 bridgehead atoms. The smallest absolute Gasteiger partial charge is 0.153 e. The summed E-state index contributed by atoms with van der Waals surface area (Å²) in [6.07, 6.45) is 1.64. The molecule has 0 saturated heterocycles. The minimum Gasteiger partial charge on any atom is -0.396 e. The summed E-state index contributed by atoms with van der Waals surface area (Å²) >= 11 is 13.3. The van der Waals surface area contributed by atoms with Crippen LogP contribution in [0.2, 0.25) is 10.0 Å². The third kappa shape index (κ3) is 2.18. The Morgan fingerprint density at radius 2 is 1.95 bits per heavy atom. The Bertz CT molecular complexity index is 758. The molecule has 0 fully saturated rings. The summed E-state index contributed by atoms with van der Waals surface area (Å²) < 4.78 is 8.33. The zero-order valence-electron chi connectivity index (χ0n) is 9.39. The minimum atomic E-state index is 0.440. The molecule has 0 aliphatic carbocycles. The van der Waals surface area contributed by atoms with Crippen LogP contribution in [-0.4, -0.2) is 13.7 Å². The SMILES string of the molecule is Nc1cccnc1Nc1c(Cl)cc(Cl)c2nsnc12. The number of pyridine rings is 1. The first kappa shape index (κ1) is 12.4. The van der Waals surface area contributed by atoms with Gasteiger partial charge in [-0.1, -0.05) is 23.2 Å². The molecule has 3 rings (SSSR count). The molecule has 5 nitrogen and oxygen atoms in total. The second kappa shape index (κ2) is 4.80. The quantitative estimate of drug-likeness (QED) is 0.754. The zero-order valence-corrected chi connectivity index (χ0v) is 11.7. The van der Waals surface area contributed by atoms with E-state index in [1.807, 2.05) is 0 Å². The van der Waals surface area contributed by atoms with Crippen molar-refractivity contribution in [3.8, 4) is 0 Å². The minimum absolute atomic E-state index is 0.440. The highest BCUT2D eigenvalue weighted by Gasteiger charge is 2.15. The number of halogens is 2. The lowest BCUT2D eigenvalue weighted by atomic mass is 10.2. The van der Waals surface area contributed by atoms with Gasteiger partial charge in [-0.25, -0.2) is 4.98 Å². The highest BCUT2D eigenvalue weighted by atomic mass is 35.5. The van der Waals surface area contributed by atoms with Crippen molar-refractivity contribution in [2.45, 2.75) is 0 Å². The molecular weight excluding hydrogens is 305 g/mol. The number of nitrogens with one attached hydrogen (secondary N) is 1. The summed E-state index contributed by atoms with van der Waals surface area (Å²) in [7, 11) is 0. The number of nitrogens with two attached hydrogens (primary N) is 1. The Hall–Kier alpha value is -1.63. The molecule has 1 aromatic carbocycles. The average Bonchev–Trinajstić information content (AvgIpc) is 2.86. The Morgan fingerprint density at radius 1 is 1.16 bits per heavy atom. The Morgan fingerprint density at radius 3 is 2.74 bits per heavy atom. The summed E-state index contributed by atoms with van der Waals surface area (Å²) in [5, 5.41) is 3.98. The highest BCUT2D eigenvalue weighted by molar-refractivity contribution is 7.00. The van der Waals surface area contributed by atoms with Crippen LogP contribution in [0.15, 0.2) is 24.4 Å². The zero-order chi connectivity index (χ0) is 13.4. The number of hydrogen-bond donors (Lipinski definition) is 2. The van der Waals surface area contributed by atoms with Gasteiger partial charge in [-0.15, -0.1) is 0 Å². The van der Waals surface area contributed by atoms with Crippen molar-refractivity contribution >= 4 is 63.2 Å². The Labute approximate surface area is 122 Å². The van der Waals surface area contributed by atoms with E-state index >= 15 is 0 Å². The normalized spacial score (nSPS) is 10.8. The molecule has 2 aromatic heterocycles. The molecule has 0 unspecified atom stereocenters. The Kier molecular flexibility index (Phi) is 3.14. The topological polar surface area (TPSA) is 76.7 Å². The lowest BCUT2D eigenvalue weighted by Gasteiger charge is -2.10. The van der Waals surface area contributed by atoms with Crippen LogP contribution in [0.3, 0.4) is 0 Å². The van der Waals surface area contributed by atoms with Gasteiger partial charge in [0.2, 0.25) is 0 Å². The van der Waals surface area contributed by atoms with Gasteiger partial charge in [-0.05, 0) is 18.2 Å². The molecule has 0 aliphatic heterocycles. The van der Waals surface area contributed by atoms with Crippen LogP contribution in [0.25, 0.3) is 11.0 Å². The van der Waals surface area contributed by atoms with Gasteiger partial charge in [0.15, 0.2) is 5.82 Å². The van der Waals surface area contributed by atoms with Crippen LogP contribution in [0.1, 0.15) is 0 Å². The van der Waals surface area contributed by atoms with E-state index < -0.39 is 0 Å². The van der Waals surface area contributed by atoms with E-state index in [2.05, 4.69) is 19.0 Å². The first-order valence-corrected chi connectivity index (χ1v) is 6.73. The molecule has 3 aromatic rings. The van der Waals surface area contributed by atoms with Gasteiger partial charge in [-0.2, -0.15) is 8.75 Å². The lowest BCUT2D eigenvalue weighted by molar-refractivity contribution is 1.31. The van der Waals surface area contributed by atoms with Crippen LogP contribution in [0, 0.1) is 0 Å². The van der Waals surface area contributed by atoms with Crippen molar-refractivity contribution in [1.82, 2.24) is 13.7 Å². The number of fused-ring (bicyclic) bond motifs is 1. The monoisotopic (exact) mass is 311 g/mol. The van der Waals surface area contributed by atoms with Crippen molar-refractivity contribution in [3.63, 3.8) is 0 Å². The van der Waals surface area contributed by atoms with Crippen LogP contribution in [0.5, 0.6) is 0 Å². The first-order valence-electron chi connectivity index (χ1n) is 5.24. The molecule has 0 amide bonds. The van der Waals surface area contributed by atoms with Crippen LogP contribution in [0.4, 0.5) is 17.2 Å². The van der Waals surface area contributed by atoms with E-state index in [9.17, 15) is 0 Å². The molecule has 0 radical (unpaired) electrons. The van der Waals surface area contributed by atoms with Crippen molar-refractivity contribution in [1.29, 1.82) is 0 Å². The van der Waals surface area contributed by atoms with Gasteiger partial charge in [0, 0.05) is 6.20 Å². The van der Waals surface area contributed by atoms with Crippen molar-refractivity contribution in [2.75, 3.05) is 11.1 Å². The molecule has 3 N–H and O–H groups in total. The Balaban J connectivity index is 2.16. The average molecular weight is 312 g/mol. The maximum atomic E-state index is 6.19. The van der Waals surface area contributed by atoms with Gasteiger partial charge < -0.3 is 11.1 Å². The van der Waals surface area contributed by atoms with E-state index in [4.69, 9.17) is 28.9 Å². The maximum absolute atomic E-state index is 6.19. The largest absolute Gasteiger partial charge is 0.396 e. The predicted octanol–water partition coefficient (Wildman–Crippen LogP) is 3.72. The summed E-state index contributed by atoms with van der Waals surface area (Å²) in [5.41, 5.74) is 8.16. The van der Waals surface area contributed by atoms with Crippen LogP contribution >= 0.6 is 34.9 Å². The van der Waals surface area contributed by atoms with Gasteiger partial charge >= 0.3 is 0 Å². The molecular formula is C11H7Cl2N5S. The van der Waals surface area contributed by atoms with Gasteiger partial charge in [-0.3, -0.25) is 0 Å². The number of nitrogens with zero attached hydrogens (tertiary/aromatic N) is 3. The summed E-state index contributed by atoms with van der Waals surface area (Å²) in [6, 6.07) is 5.12. The fraction of sp³-hybridized carbons (Fsp3) is 0. The third-order valence-electron chi connectivity index (χ3n) is 2.53. The van der Waals surface area contributed by atoms with E-state index in [1.165, 1.54) is 0 Å². The molecule has 0 aliphatic rings. The van der Waals surface area contributed by atoms with Crippen LogP contribution in [-0.2, 0) is 0 Å². The van der Waals surface area contributed by atoms with E-state index in [0.29, 0.717) is 38.3 Å². The first-order chi connectivity index (χ1) is 9.16. The summed E-state index contributed by atoms with van der Waals surface area (Å²) in [6.45, 7) is 0. The van der Waals surface area contributed by atoms with Crippen LogP contribution < -0.4 is 11.1 Å². The molecule has 0 saturated carbocycles. The number of hydrogen-bond acceptors (Lipinski definition) is 6. The predicted molar refractivity (Wildman–Crippen MR) is 79.4 cm³/mol. The molecule has 2 heterocycles. The highest BCUT2D eigenvalue weighted by Crippen LogP contribution is 2.37. The number of benzene rings is 1. The van der Waals surface area contributed by atoms with Gasteiger partial charge in [0.25, 0.3) is 0 Å². The molecule has 8 heteroatoms. The fourth-order valence-corrected chi connectivity index (χ4v) is 2.79. The van der Waals surface area contributed by atoms with E-state index in [1.54, 1.807) is 24.4 Å².